The largest absolute Gasteiger partial charge is 0.484 e. The molecule has 8 nitrogen and oxygen atoms in total. The van der Waals surface area contributed by atoms with Crippen molar-refractivity contribution in [2.75, 3.05) is 32.8 Å². The van der Waals surface area contributed by atoms with Gasteiger partial charge in [-0.1, -0.05) is 42.5 Å². The summed E-state index contributed by atoms with van der Waals surface area (Å²) in [5.41, 5.74) is 2.19. The van der Waals surface area contributed by atoms with Crippen LogP contribution in [0.5, 0.6) is 5.75 Å². The molecular weight excluding hydrogens is 428 g/mol. The van der Waals surface area contributed by atoms with E-state index in [-0.39, 0.29) is 24.0 Å². The molecule has 1 amide bonds. The minimum Gasteiger partial charge on any atom is -0.484 e. The lowest BCUT2D eigenvalue weighted by atomic mass is 10.1. The second kappa shape index (κ2) is 9.54. The molecule has 0 spiro atoms. The van der Waals surface area contributed by atoms with Crippen LogP contribution >= 0.6 is 0 Å². The van der Waals surface area contributed by atoms with Crippen LogP contribution in [-0.2, 0) is 21.9 Å². The van der Waals surface area contributed by atoms with Crippen LogP contribution in [-0.4, -0.2) is 66.1 Å². The molecule has 0 unspecified atom stereocenters. The lowest BCUT2D eigenvalue weighted by molar-refractivity contribution is -0.133. The van der Waals surface area contributed by atoms with Crippen molar-refractivity contribution in [2.45, 2.75) is 11.3 Å². The molecule has 1 aliphatic rings. The van der Waals surface area contributed by atoms with E-state index in [2.05, 4.69) is 5.10 Å². The normalized spacial score (nSPS) is 15.3. The van der Waals surface area contributed by atoms with Gasteiger partial charge in [-0.3, -0.25) is 9.48 Å². The molecule has 0 N–H and O–H groups in total. The summed E-state index contributed by atoms with van der Waals surface area (Å²) in [4.78, 5) is 14.5. The van der Waals surface area contributed by atoms with Gasteiger partial charge in [0.15, 0.2) is 6.61 Å². The third-order valence-electron chi connectivity index (χ3n) is 5.45. The third kappa shape index (κ3) is 5.00. The number of amides is 1. The molecule has 2 aromatic carbocycles. The first-order chi connectivity index (χ1) is 15.4. The Balaban J connectivity index is 1.31. The minimum absolute atomic E-state index is 0.0833. The topological polar surface area (TPSA) is 84.7 Å². The number of aromatic nitrogens is 2. The zero-order valence-corrected chi connectivity index (χ0v) is 18.7. The van der Waals surface area contributed by atoms with Gasteiger partial charge < -0.3 is 9.64 Å². The smallest absolute Gasteiger partial charge is 0.260 e. The molecule has 4 rings (SSSR count). The van der Waals surface area contributed by atoms with E-state index in [1.807, 2.05) is 54.6 Å². The highest BCUT2D eigenvalue weighted by Crippen LogP contribution is 2.22. The number of hydrogen-bond acceptors (Lipinski definition) is 5. The molecule has 0 radical (unpaired) electrons. The van der Waals surface area contributed by atoms with Gasteiger partial charge in [0, 0.05) is 39.4 Å². The van der Waals surface area contributed by atoms with E-state index in [0.717, 1.165) is 11.1 Å². The van der Waals surface area contributed by atoms with E-state index in [4.69, 9.17) is 4.74 Å². The van der Waals surface area contributed by atoms with Crippen molar-refractivity contribution in [3.05, 3.63) is 67.0 Å². The van der Waals surface area contributed by atoms with Gasteiger partial charge in [0.1, 0.15) is 10.6 Å². The van der Waals surface area contributed by atoms with Crippen LogP contribution < -0.4 is 4.74 Å². The van der Waals surface area contributed by atoms with Crippen LogP contribution in [0.25, 0.3) is 11.1 Å². The highest BCUT2D eigenvalue weighted by atomic mass is 32.2. The lowest BCUT2D eigenvalue weighted by Gasteiger charge is -2.21. The Morgan fingerprint density at radius 2 is 1.69 bits per heavy atom. The number of ether oxygens (including phenoxy) is 1. The van der Waals surface area contributed by atoms with E-state index in [0.29, 0.717) is 31.8 Å². The van der Waals surface area contributed by atoms with Crippen molar-refractivity contribution >= 4 is 15.9 Å². The Bertz CT molecular complexity index is 1160. The molecule has 2 heterocycles. The van der Waals surface area contributed by atoms with Crippen molar-refractivity contribution in [2.24, 2.45) is 7.05 Å². The van der Waals surface area contributed by atoms with Gasteiger partial charge in [-0.05, 0) is 29.7 Å². The highest BCUT2D eigenvalue weighted by molar-refractivity contribution is 7.89. The molecule has 32 heavy (non-hydrogen) atoms. The van der Waals surface area contributed by atoms with Crippen LogP contribution in [0.4, 0.5) is 0 Å². The van der Waals surface area contributed by atoms with Gasteiger partial charge >= 0.3 is 0 Å². The maximum absolute atomic E-state index is 12.8. The van der Waals surface area contributed by atoms with Crippen LogP contribution in [0.15, 0.2) is 71.9 Å². The summed E-state index contributed by atoms with van der Waals surface area (Å²) in [6, 6.07) is 17.6. The van der Waals surface area contributed by atoms with Gasteiger partial charge in [-0.2, -0.15) is 9.40 Å². The van der Waals surface area contributed by atoms with Crippen molar-refractivity contribution in [3.8, 4) is 16.9 Å². The van der Waals surface area contributed by atoms with Crippen molar-refractivity contribution in [1.82, 2.24) is 19.0 Å². The molecule has 9 heteroatoms. The van der Waals surface area contributed by atoms with Crippen LogP contribution in [0.3, 0.4) is 0 Å². The van der Waals surface area contributed by atoms with E-state index in [9.17, 15) is 13.2 Å². The minimum atomic E-state index is -3.62. The maximum atomic E-state index is 12.8. The van der Waals surface area contributed by atoms with E-state index >= 15 is 0 Å². The predicted molar refractivity (Wildman–Crippen MR) is 121 cm³/mol. The average Bonchev–Trinajstić information content (AvgIpc) is 3.10. The molecular formula is C23H26N4O4S. The predicted octanol–water partition coefficient (Wildman–Crippen LogP) is 2.39. The fraction of sp³-hybridized carbons (Fsp3) is 0.304. The summed E-state index contributed by atoms with van der Waals surface area (Å²) in [6.45, 7) is 1.35. The summed E-state index contributed by atoms with van der Waals surface area (Å²) >= 11 is 0. The first-order valence-corrected chi connectivity index (χ1v) is 11.9. The van der Waals surface area contributed by atoms with Crippen LogP contribution in [0, 0.1) is 0 Å². The van der Waals surface area contributed by atoms with Crippen molar-refractivity contribution in [1.29, 1.82) is 0 Å². The molecule has 1 aromatic heterocycles. The molecule has 1 fully saturated rings. The quantitative estimate of drug-likeness (QED) is 0.571. The van der Waals surface area contributed by atoms with Crippen LogP contribution in [0.2, 0.25) is 0 Å². The first-order valence-electron chi connectivity index (χ1n) is 10.5. The number of carbonyl (C=O) groups is 1. The Labute approximate surface area is 188 Å². The van der Waals surface area contributed by atoms with Gasteiger partial charge in [-0.25, -0.2) is 8.42 Å². The fourth-order valence-electron chi connectivity index (χ4n) is 3.68. The Kier molecular flexibility index (Phi) is 6.57. The standard InChI is InChI=1S/C23H26N4O4S/c1-25-17-22(16-24-25)32(29,30)27-13-5-12-26(14-15-27)23(28)18-31-21-10-8-20(9-11-21)19-6-3-2-4-7-19/h2-4,6-11,16-17H,5,12-15,18H2,1H3. The monoisotopic (exact) mass is 454 g/mol. The number of sulfonamides is 1. The summed E-state index contributed by atoms with van der Waals surface area (Å²) in [5, 5.41) is 3.95. The second-order valence-corrected chi connectivity index (χ2v) is 9.61. The summed E-state index contributed by atoms with van der Waals surface area (Å²) in [5.74, 6) is 0.464. The van der Waals surface area contributed by atoms with Crippen molar-refractivity contribution in [3.63, 3.8) is 0 Å². The molecule has 0 atom stereocenters. The third-order valence-corrected chi connectivity index (χ3v) is 7.30. The second-order valence-electron chi connectivity index (χ2n) is 7.67. The number of nitrogens with zero attached hydrogens (tertiary/aromatic N) is 4. The molecule has 0 saturated carbocycles. The van der Waals surface area contributed by atoms with Crippen molar-refractivity contribution < 1.29 is 17.9 Å². The zero-order chi connectivity index (χ0) is 22.6. The SMILES string of the molecule is Cn1cc(S(=O)(=O)N2CCCN(C(=O)COc3ccc(-c4ccccc4)cc3)CC2)cn1. The van der Waals surface area contributed by atoms with E-state index < -0.39 is 10.0 Å². The first kappa shape index (κ1) is 22.0. The molecule has 0 aliphatic carbocycles. The lowest BCUT2D eigenvalue weighted by Crippen LogP contribution is -2.39. The molecule has 0 bridgehead atoms. The summed E-state index contributed by atoms with van der Waals surface area (Å²) < 4.78 is 34.2. The van der Waals surface area contributed by atoms with Gasteiger partial charge in [-0.15, -0.1) is 0 Å². The summed E-state index contributed by atoms with van der Waals surface area (Å²) in [7, 11) is -1.94. The molecule has 3 aromatic rings. The zero-order valence-electron chi connectivity index (χ0n) is 17.9. The molecule has 168 valence electrons. The van der Waals surface area contributed by atoms with Gasteiger partial charge in [0.05, 0.1) is 6.20 Å². The molecule has 1 aliphatic heterocycles. The summed E-state index contributed by atoms with van der Waals surface area (Å²) in [6.07, 6.45) is 3.40. The highest BCUT2D eigenvalue weighted by Gasteiger charge is 2.29. The Morgan fingerprint density at radius 3 is 2.38 bits per heavy atom. The van der Waals surface area contributed by atoms with Gasteiger partial charge in [0.25, 0.3) is 5.91 Å². The Hall–Kier alpha value is -3.17. The number of hydrogen-bond donors (Lipinski definition) is 0. The van der Waals surface area contributed by atoms with E-state index in [1.54, 1.807) is 11.9 Å². The maximum Gasteiger partial charge on any atom is 0.260 e. The number of rotatable bonds is 6. The van der Waals surface area contributed by atoms with Gasteiger partial charge in [0.2, 0.25) is 10.0 Å². The fourth-order valence-corrected chi connectivity index (χ4v) is 5.13. The average molecular weight is 455 g/mol. The number of carbonyl (C=O) groups excluding carboxylic acids is 1. The number of benzene rings is 2. The number of aryl methyl sites for hydroxylation is 1. The van der Waals surface area contributed by atoms with Crippen LogP contribution in [0.1, 0.15) is 6.42 Å². The Morgan fingerprint density at radius 1 is 0.969 bits per heavy atom. The molecule has 1 saturated heterocycles. The van der Waals surface area contributed by atoms with E-state index in [1.165, 1.54) is 21.4 Å².